The van der Waals surface area contributed by atoms with Crippen LogP contribution in [0.4, 0.5) is 0 Å². The van der Waals surface area contributed by atoms with Crippen molar-refractivity contribution >= 4 is 41.8 Å². The largest absolute Gasteiger partial charge is 0.372 e. The standard InChI is InChI=1S/C23H35N5O3.HI/c1-4-24-23(26-12-11-25-21(29)19-9-10-19)27-13-18-5-7-20(8-6-18)22(30)28-14-16(2)31-17(3)15-28;/h5-8,16-17,19H,4,9-15H2,1-3H3,(H,25,29)(H2,24,26,27);1H. The third-order valence-electron chi connectivity index (χ3n) is 5.34. The first-order valence-electron chi connectivity index (χ1n) is 11.3. The molecule has 3 N–H and O–H groups in total. The molecule has 1 heterocycles. The summed E-state index contributed by atoms with van der Waals surface area (Å²) in [5.74, 6) is 1.13. The summed E-state index contributed by atoms with van der Waals surface area (Å²) in [4.78, 5) is 30.9. The number of morpholine rings is 1. The second-order valence-electron chi connectivity index (χ2n) is 8.35. The van der Waals surface area contributed by atoms with Crippen LogP contribution in [0, 0.1) is 5.92 Å². The number of nitrogens with one attached hydrogen (secondary N) is 3. The number of guanidine groups is 1. The van der Waals surface area contributed by atoms with Crippen molar-refractivity contribution in [2.75, 3.05) is 32.7 Å². The number of carbonyl (C=O) groups is 2. The highest BCUT2D eigenvalue weighted by atomic mass is 127. The molecule has 2 amide bonds. The van der Waals surface area contributed by atoms with Crippen LogP contribution in [0.5, 0.6) is 0 Å². The molecule has 0 bridgehead atoms. The zero-order chi connectivity index (χ0) is 22.2. The van der Waals surface area contributed by atoms with E-state index in [1.165, 1.54) is 0 Å². The number of hydrogen-bond donors (Lipinski definition) is 3. The molecule has 9 heteroatoms. The minimum atomic E-state index is 0. The van der Waals surface area contributed by atoms with Crippen molar-refractivity contribution in [3.05, 3.63) is 35.4 Å². The molecule has 0 aromatic heterocycles. The molecule has 1 saturated heterocycles. The lowest BCUT2D eigenvalue weighted by Gasteiger charge is -2.35. The Morgan fingerprint density at radius 3 is 2.25 bits per heavy atom. The number of hydrogen-bond acceptors (Lipinski definition) is 4. The number of ether oxygens (including phenoxy) is 1. The van der Waals surface area contributed by atoms with Crippen LogP contribution in [0.15, 0.2) is 29.3 Å². The molecule has 0 spiro atoms. The summed E-state index contributed by atoms with van der Waals surface area (Å²) in [5, 5.41) is 9.39. The van der Waals surface area contributed by atoms with Crippen molar-refractivity contribution in [3.63, 3.8) is 0 Å². The van der Waals surface area contributed by atoms with E-state index in [1.807, 2.05) is 49.9 Å². The van der Waals surface area contributed by atoms with Crippen molar-refractivity contribution in [2.45, 2.75) is 52.4 Å². The molecule has 1 aromatic rings. The molecule has 2 unspecified atom stereocenters. The van der Waals surface area contributed by atoms with Crippen LogP contribution in [0.1, 0.15) is 49.5 Å². The minimum Gasteiger partial charge on any atom is -0.372 e. The number of nitrogens with zero attached hydrogens (tertiary/aromatic N) is 2. The van der Waals surface area contributed by atoms with Crippen molar-refractivity contribution in [3.8, 4) is 0 Å². The topological polar surface area (TPSA) is 95.1 Å². The highest BCUT2D eigenvalue weighted by Gasteiger charge is 2.29. The van der Waals surface area contributed by atoms with Gasteiger partial charge in [0.25, 0.3) is 5.91 Å². The summed E-state index contributed by atoms with van der Waals surface area (Å²) in [5.41, 5.74) is 1.71. The second kappa shape index (κ2) is 13.0. The van der Waals surface area contributed by atoms with E-state index in [1.54, 1.807) is 0 Å². The maximum Gasteiger partial charge on any atom is 0.254 e. The number of rotatable bonds is 8. The Kier molecular flexibility index (Phi) is 10.7. The maximum atomic E-state index is 12.8. The maximum absolute atomic E-state index is 12.8. The minimum absolute atomic E-state index is 0. The van der Waals surface area contributed by atoms with E-state index in [0.717, 1.165) is 24.9 Å². The molecule has 8 nitrogen and oxygen atoms in total. The van der Waals surface area contributed by atoms with Crippen LogP contribution in [-0.4, -0.2) is 67.6 Å². The van der Waals surface area contributed by atoms with Crippen molar-refractivity contribution in [1.82, 2.24) is 20.9 Å². The predicted molar refractivity (Wildman–Crippen MR) is 136 cm³/mol. The van der Waals surface area contributed by atoms with Gasteiger partial charge in [0.05, 0.1) is 18.8 Å². The lowest BCUT2D eigenvalue weighted by atomic mass is 10.1. The van der Waals surface area contributed by atoms with Crippen molar-refractivity contribution in [1.29, 1.82) is 0 Å². The van der Waals surface area contributed by atoms with E-state index in [4.69, 9.17) is 4.74 Å². The molecule has 2 atom stereocenters. The van der Waals surface area contributed by atoms with E-state index >= 15 is 0 Å². The van der Waals surface area contributed by atoms with E-state index in [2.05, 4.69) is 20.9 Å². The first kappa shape index (κ1) is 26.4. The summed E-state index contributed by atoms with van der Waals surface area (Å²) in [6, 6.07) is 7.63. The number of aliphatic imine (C=N–C) groups is 1. The second-order valence-corrected chi connectivity index (χ2v) is 8.35. The van der Waals surface area contributed by atoms with Gasteiger partial charge in [-0.3, -0.25) is 9.59 Å². The molecule has 1 aliphatic heterocycles. The lowest BCUT2D eigenvalue weighted by molar-refractivity contribution is -0.122. The first-order valence-corrected chi connectivity index (χ1v) is 11.3. The Labute approximate surface area is 208 Å². The first-order chi connectivity index (χ1) is 15.0. The molecule has 2 fully saturated rings. The molecule has 178 valence electrons. The highest BCUT2D eigenvalue weighted by molar-refractivity contribution is 14.0. The number of halogens is 1. The van der Waals surface area contributed by atoms with Crippen LogP contribution in [-0.2, 0) is 16.1 Å². The molecule has 1 aliphatic carbocycles. The summed E-state index contributed by atoms with van der Waals surface area (Å²) in [6.07, 6.45) is 2.14. The number of amides is 2. The van der Waals surface area contributed by atoms with Gasteiger partial charge in [0.1, 0.15) is 0 Å². The molecule has 1 aromatic carbocycles. The monoisotopic (exact) mass is 557 g/mol. The van der Waals surface area contributed by atoms with Gasteiger partial charge in [-0.25, -0.2) is 4.99 Å². The van der Waals surface area contributed by atoms with Gasteiger partial charge in [-0.15, -0.1) is 24.0 Å². The van der Waals surface area contributed by atoms with E-state index in [9.17, 15) is 9.59 Å². The van der Waals surface area contributed by atoms with Gasteiger partial charge in [-0.05, 0) is 51.3 Å². The molecule has 2 aliphatic rings. The molecule has 0 radical (unpaired) electrons. The van der Waals surface area contributed by atoms with Crippen LogP contribution in [0.2, 0.25) is 0 Å². The van der Waals surface area contributed by atoms with Gasteiger partial charge in [0, 0.05) is 44.2 Å². The van der Waals surface area contributed by atoms with Crippen LogP contribution >= 0.6 is 24.0 Å². The van der Waals surface area contributed by atoms with Gasteiger partial charge in [0.2, 0.25) is 5.91 Å². The van der Waals surface area contributed by atoms with Crippen molar-refractivity contribution in [2.24, 2.45) is 10.9 Å². The van der Waals surface area contributed by atoms with Gasteiger partial charge < -0.3 is 25.6 Å². The Bertz CT molecular complexity index is 772. The molecule has 3 rings (SSSR count). The SMILES string of the molecule is CCNC(=NCc1ccc(C(=O)N2CC(C)OC(C)C2)cc1)NCCNC(=O)C1CC1.I. The van der Waals surface area contributed by atoms with Gasteiger partial charge >= 0.3 is 0 Å². The zero-order valence-corrected chi connectivity index (χ0v) is 21.6. The fourth-order valence-electron chi connectivity index (χ4n) is 3.65. The predicted octanol–water partition coefficient (Wildman–Crippen LogP) is 2.14. The van der Waals surface area contributed by atoms with E-state index in [-0.39, 0.29) is 53.9 Å². The normalized spacial score (nSPS) is 20.8. The fraction of sp³-hybridized carbons (Fsp3) is 0.609. The summed E-state index contributed by atoms with van der Waals surface area (Å²) in [7, 11) is 0. The summed E-state index contributed by atoms with van der Waals surface area (Å²) < 4.78 is 5.71. The Morgan fingerprint density at radius 1 is 1.03 bits per heavy atom. The van der Waals surface area contributed by atoms with Gasteiger partial charge in [-0.2, -0.15) is 0 Å². The Hall–Kier alpha value is -1.88. The third-order valence-corrected chi connectivity index (χ3v) is 5.34. The van der Waals surface area contributed by atoms with Gasteiger partial charge in [0.15, 0.2) is 5.96 Å². The smallest absolute Gasteiger partial charge is 0.254 e. The van der Waals surface area contributed by atoms with E-state index < -0.39 is 0 Å². The Balaban J connectivity index is 0.00000363. The third kappa shape index (κ3) is 8.23. The average Bonchev–Trinajstić information content (AvgIpc) is 3.59. The van der Waals surface area contributed by atoms with Gasteiger partial charge in [-0.1, -0.05) is 12.1 Å². The fourth-order valence-corrected chi connectivity index (χ4v) is 3.65. The number of carbonyl (C=O) groups excluding carboxylic acids is 2. The summed E-state index contributed by atoms with van der Waals surface area (Å²) >= 11 is 0. The van der Waals surface area contributed by atoms with Crippen LogP contribution in [0.3, 0.4) is 0 Å². The number of benzene rings is 1. The summed E-state index contributed by atoms with van der Waals surface area (Å²) in [6.45, 7) is 9.70. The van der Waals surface area contributed by atoms with Crippen LogP contribution in [0.25, 0.3) is 0 Å². The highest BCUT2D eigenvalue weighted by Crippen LogP contribution is 2.28. The molecule has 32 heavy (non-hydrogen) atoms. The molecular weight excluding hydrogens is 521 g/mol. The van der Waals surface area contributed by atoms with E-state index in [0.29, 0.717) is 44.2 Å². The molecular formula is C23H36IN5O3. The average molecular weight is 557 g/mol. The zero-order valence-electron chi connectivity index (χ0n) is 19.2. The quantitative estimate of drug-likeness (QED) is 0.197. The molecule has 1 saturated carbocycles. The lowest BCUT2D eigenvalue weighted by Crippen LogP contribution is -2.48. The Morgan fingerprint density at radius 2 is 1.66 bits per heavy atom. The van der Waals surface area contributed by atoms with Crippen molar-refractivity contribution < 1.29 is 14.3 Å². The van der Waals surface area contributed by atoms with Crippen LogP contribution < -0.4 is 16.0 Å².